The molecule has 262 valence electrons. The average molecular weight is 652 g/mol. The fourth-order valence-electron chi connectivity index (χ4n) is 4.69. The molecule has 1 rings (SSSR count). The lowest BCUT2D eigenvalue weighted by Crippen LogP contribution is -2.45. The standard InChI is InChI=1S/C38H61N5O4/c1-3-4-5-6-7-8-9-10-11-12-13-14-15-16-17-18-19-20-21-23-36(44)40-28-34-43(31-22-30-42-32-26-39-27-33-42)35-29-41-37(45)24-25-38(46)47-2/h4-5,7-8,10-11,13-14,16-17,19-20,24-25,39H,3,6,9,12,15,18,21-23,26-35H2,1-2H3,(H,40,44)(H,41,45). The number of rotatable bonds is 26. The van der Waals surface area contributed by atoms with Crippen molar-refractivity contribution in [1.29, 1.82) is 0 Å². The van der Waals surface area contributed by atoms with Crippen LogP contribution in [-0.2, 0) is 19.1 Å². The molecular weight excluding hydrogens is 590 g/mol. The number of carbonyl (C=O) groups excluding carboxylic acids is 3. The average Bonchev–Trinajstić information content (AvgIpc) is 3.08. The molecule has 1 aliphatic rings. The second-order valence-corrected chi connectivity index (χ2v) is 11.2. The molecule has 0 atom stereocenters. The molecule has 0 unspecified atom stereocenters. The molecule has 1 heterocycles. The summed E-state index contributed by atoms with van der Waals surface area (Å²) < 4.78 is 4.51. The zero-order valence-corrected chi connectivity index (χ0v) is 29.0. The molecule has 0 saturated carbocycles. The molecule has 2 amide bonds. The quantitative estimate of drug-likeness (QED) is 0.0686. The molecule has 0 spiro atoms. The number of hydrogen-bond donors (Lipinski definition) is 3. The molecule has 9 nitrogen and oxygen atoms in total. The van der Waals surface area contributed by atoms with E-state index in [0.717, 1.165) is 96.7 Å². The zero-order valence-electron chi connectivity index (χ0n) is 29.0. The first kappa shape index (κ1) is 41.5. The minimum Gasteiger partial charge on any atom is -0.466 e. The number of hydrogen-bond acceptors (Lipinski definition) is 7. The van der Waals surface area contributed by atoms with E-state index in [9.17, 15) is 14.4 Å². The Balaban J connectivity index is 2.21. The second-order valence-electron chi connectivity index (χ2n) is 11.2. The van der Waals surface area contributed by atoms with E-state index in [1.165, 1.54) is 13.2 Å². The number of piperazine rings is 1. The van der Waals surface area contributed by atoms with Gasteiger partial charge in [0.05, 0.1) is 7.11 Å². The first-order valence-electron chi connectivity index (χ1n) is 17.4. The van der Waals surface area contributed by atoms with Gasteiger partial charge >= 0.3 is 5.97 Å². The van der Waals surface area contributed by atoms with E-state index in [-0.39, 0.29) is 11.8 Å². The van der Waals surface area contributed by atoms with Crippen molar-refractivity contribution in [2.24, 2.45) is 0 Å². The van der Waals surface area contributed by atoms with Gasteiger partial charge in [-0.3, -0.25) is 14.5 Å². The van der Waals surface area contributed by atoms with Crippen molar-refractivity contribution in [2.75, 3.05) is 72.6 Å². The Morgan fingerprint density at radius 3 is 1.81 bits per heavy atom. The van der Waals surface area contributed by atoms with Crippen LogP contribution in [0.15, 0.2) is 85.1 Å². The molecule has 0 radical (unpaired) electrons. The van der Waals surface area contributed by atoms with Gasteiger partial charge in [-0.25, -0.2) is 4.79 Å². The first-order valence-corrected chi connectivity index (χ1v) is 17.4. The monoisotopic (exact) mass is 651 g/mol. The number of allylic oxidation sites excluding steroid dienone is 12. The zero-order chi connectivity index (χ0) is 34.0. The van der Waals surface area contributed by atoms with Gasteiger partial charge in [-0.05, 0) is 64.5 Å². The Morgan fingerprint density at radius 2 is 1.26 bits per heavy atom. The number of nitrogens with one attached hydrogen (secondary N) is 3. The highest BCUT2D eigenvalue weighted by atomic mass is 16.5. The highest BCUT2D eigenvalue weighted by Crippen LogP contribution is 2.00. The molecule has 0 bridgehead atoms. The highest BCUT2D eigenvalue weighted by Gasteiger charge is 2.11. The Kier molecular flexibility index (Phi) is 27.4. The largest absolute Gasteiger partial charge is 0.466 e. The Morgan fingerprint density at radius 1 is 0.723 bits per heavy atom. The summed E-state index contributed by atoms with van der Waals surface area (Å²) in [7, 11) is 1.27. The van der Waals surface area contributed by atoms with E-state index in [0.29, 0.717) is 32.6 Å². The van der Waals surface area contributed by atoms with E-state index >= 15 is 0 Å². The van der Waals surface area contributed by atoms with Crippen LogP contribution in [0, 0.1) is 0 Å². The predicted molar refractivity (Wildman–Crippen MR) is 195 cm³/mol. The lowest BCUT2D eigenvalue weighted by Gasteiger charge is -2.29. The number of esters is 1. The maximum absolute atomic E-state index is 12.4. The van der Waals surface area contributed by atoms with Gasteiger partial charge in [-0.2, -0.15) is 0 Å². The summed E-state index contributed by atoms with van der Waals surface area (Å²) in [5, 5.41) is 9.22. The van der Waals surface area contributed by atoms with Gasteiger partial charge in [0.1, 0.15) is 0 Å². The van der Waals surface area contributed by atoms with E-state index in [1.54, 1.807) is 0 Å². The van der Waals surface area contributed by atoms with Crippen LogP contribution in [0.1, 0.15) is 64.7 Å². The van der Waals surface area contributed by atoms with E-state index in [1.807, 2.05) is 0 Å². The van der Waals surface area contributed by atoms with Gasteiger partial charge in [0.25, 0.3) is 0 Å². The Hall–Kier alpha value is -3.53. The van der Waals surface area contributed by atoms with Gasteiger partial charge in [-0.1, -0.05) is 79.8 Å². The normalized spacial score (nSPS) is 14.8. The van der Waals surface area contributed by atoms with E-state index in [2.05, 4.69) is 110 Å². The molecule has 0 aromatic carbocycles. The van der Waals surface area contributed by atoms with Gasteiger partial charge in [0.2, 0.25) is 11.8 Å². The number of carbonyl (C=O) groups is 3. The SMILES string of the molecule is CCC=CCC=CCC=CCC=CCC=CCC=CCCC(=O)NCCN(CCCN1CCNCC1)CCNC(=O)C=CC(=O)OC. The molecule has 1 fully saturated rings. The van der Waals surface area contributed by atoms with Gasteiger partial charge in [0, 0.05) is 70.9 Å². The van der Waals surface area contributed by atoms with Crippen molar-refractivity contribution in [3.8, 4) is 0 Å². The fraction of sp³-hybridized carbons (Fsp3) is 0.553. The summed E-state index contributed by atoms with van der Waals surface area (Å²) in [5.74, 6) is -0.850. The van der Waals surface area contributed by atoms with Crippen molar-refractivity contribution >= 4 is 17.8 Å². The smallest absolute Gasteiger partial charge is 0.330 e. The maximum atomic E-state index is 12.4. The maximum Gasteiger partial charge on any atom is 0.330 e. The second kappa shape index (κ2) is 31.1. The molecule has 1 saturated heterocycles. The minimum absolute atomic E-state index is 0.0477. The van der Waals surface area contributed by atoms with Crippen LogP contribution in [0.2, 0.25) is 0 Å². The summed E-state index contributed by atoms with van der Waals surface area (Å²) in [5.41, 5.74) is 0. The van der Waals surface area contributed by atoms with Crippen molar-refractivity contribution in [2.45, 2.75) is 64.7 Å². The molecule has 1 aliphatic heterocycles. The molecule has 3 N–H and O–H groups in total. The topological polar surface area (TPSA) is 103 Å². The lowest BCUT2D eigenvalue weighted by molar-refractivity contribution is -0.135. The predicted octanol–water partition coefficient (Wildman–Crippen LogP) is 5.02. The van der Waals surface area contributed by atoms with Gasteiger partial charge < -0.3 is 25.6 Å². The first-order chi connectivity index (χ1) is 23.0. The number of methoxy groups -OCH3 is 1. The molecule has 0 aliphatic carbocycles. The van der Waals surface area contributed by atoms with Crippen LogP contribution < -0.4 is 16.0 Å². The number of ether oxygens (including phenoxy) is 1. The van der Waals surface area contributed by atoms with E-state index in [4.69, 9.17) is 0 Å². The summed E-state index contributed by atoms with van der Waals surface area (Å²) in [6.07, 6.45) is 36.5. The summed E-state index contributed by atoms with van der Waals surface area (Å²) in [6.45, 7) is 10.6. The van der Waals surface area contributed by atoms with Crippen LogP contribution in [0.5, 0.6) is 0 Å². The molecule has 47 heavy (non-hydrogen) atoms. The molecule has 0 aromatic rings. The Labute approximate surface area is 284 Å². The van der Waals surface area contributed by atoms with Crippen molar-refractivity contribution in [3.05, 3.63) is 85.1 Å². The number of nitrogens with zero attached hydrogens (tertiary/aromatic N) is 2. The van der Waals surface area contributed by atoms with Crippen molar-refractivity contribution < 1.29 is 19.1 Å². The van der Waals surface area contributed by atoms with Crippen LogP contribution in [0.3, 0.4) is 0 Å². The van der Waals surface area contributed by atoms with E-state index < -0.39 is 5.97 Å². The molecule has 9 heteroatoms. The lowest BCUT2D eigenvalue weighted by atomic mass is 10.2. The van der Waals surface area contributed by atoms with Gasteiger partial charge in [0.15, 0.2) is 0 Å². The summed E-state index contributed by atoms with van der Waals surface area (Å²) >= 11 is 0. The van der Waals surface area contributed by atoms with Crippen molar-refractivity contribution in [3.63, 3.8) is 0 Å². The van der Waals surface area contributed by atoms with Crippen LogP contribution in [0.25, 0.3) is 0 Å². The third-order valence-electron chi connectivity index (χ3n) is 7.34. The van der Waals surface area contributed by atoms with Crippen LogP contribution in [-0.4, -0.2) is 100 Å². The minimum atomic E-state index is -0.564. The Bertz CT molecular complexity index is 1040. The van der Waals surface area contributed by atoms with Crippen LogP contribution in [0.4, 0.5) is 0 Å². The summed E-state index contributed by atoms with van der Waals surface area (Å²) in [6, 6.07) is 0. The van der Waals surface area contributed by atoms with Crippen molar-refractivity contribution in [1.82, 2.24) is 25.8 Å². The number of amides is 2. The highest BCUT2D eigenvalue weighted by molar-refractivity contribution is 5.94. The summed E-state index contributed by atoms with van der Waals surface area (Å²) in [4.78, 5) is 40.3. The van der Waals surface area contributed by atoms with Gasteiger partial charge in [-0.15, -0.1) is 0 Å². The fourth-order valence-corrected chi connectivity index (χ4v) is 4.69. The van der Waals surface area contributed by atoms with Crippen LogP contribution >= 0.6 is 0 Å². The molecular formula is C38H61N5O4. The molecule has 0 aromatic heterocycles. The third-order valence-corrected chi connectivity index (χ3v) is 7.34. The third kappa shape index (κ3) is 27.3.